The Morgan fingerprint density at radius 3 is 2.08 bits per heavy atom. The molecule has 2 aromatic carbocycles. The van der Waals surface area contributed by atoms with E-state index in [1.807, 2.05) is 6.07 Å². The van der Waals surface area contributed by atoms with E-state index in [9.17, 15) is 9.36 Å². The van der Waals surface area contributed by atoms with Crippen LogP contribution in [0.25, 0.3) is 0 Å². The number of hydrogen-bond acceptors (Lipinski definition) is 5. The summed E-state index contributed by atoms with van der Waals surface area (Å²) in [5.74, 6) is 0.448. The van der Waals surface area contributed by atoms with E-state index in [0.717, 1.165) is 0 Å². The minimum atomic E-state index is -3.32. The number of hydrogen-bond donors (Lipinski definition) is 1. The highest BCUT2D eigenvalue weighted by Gasteiger charge is 2.26. The van der Waals surface area contributed by atoms with Crippen LogP contribution in [0.5, 0.6) is 5.75 Å². The Morgan fingerprint density at radius 2 is 1.54 bits per heavy atom. The molecule has 2 aromatic rings. The molecule has 0 atom stereocenters. The summed E-state index contributed by atoms with van der Waals surface area (Å²) in [6.07, 6.45) is -0.605. The number of para-hydroxylation sites is 1. The van der Waals surface area contributed by atoms with E-state index < -0.39 is 13.7 Å². The van der Waals surface area contributed by atoms with Crippen molar-refractivity contribution in [2.24, 2.45) is 0 Å². The molecule has 1 amide bonds. The number of nitrogens with one attached hydrogen (secondary N) is 1. The van der Waals surface area contributed by atoms with Gasteiger partial charge in [0.05, 0.1) is 18.5 Å². The van der Waals surface area contributed by atoms with Gasteiger partial charge in [0.2, 0.25) is 0 Å². The lowest BCUT2D eigenvalue weighted by Gasteiger charge is -2.17. The number of carbonyl (C=O) groups excluding carboxylic acids is 1. The van der Waals surface area contributed by atoms with Crippen molar-refractivity contribution in [2.45, 2.75) is 13.8 Å². The van der Waals surface area contributed by atoms with Crippen LogP contribution in [0.4, 0.5) is 10.5 Å². The lowest BCUT2D eigenvalue weighted by Crippen LogP contribution is -2.17. The van der Waals surface area contributed by atoms with E-state index in [4.69, 9.17) is 13.8 Å². The summed E-state index contributed by atoms with van der Waals surface area (Å²) in [5, 5.41) is 3.04. The molecule has 0 bridgehead atoms. The first kappa shape index (κ1) is 18.2. The van der Waals surface area contributed by atoms with Crippen molar-refractivity contribution in [1.82, 2.24) is 0 Å². The van der Waals surface area contributed by atoms with Crippen molar-refractivity contribution >= 4 is 24.7 Å². The predicted molar refractivity (Wildman–Crippen MR) is 93.0 cm³/mol. The average molecular weight is 349 g/mol. The molecular formula is C17H20NO5P. The summed E-state index contributed by atoms with van der Waals surface area (Å²) >= 11 is 0. The lowest BCUT2D eigenvalue weighted by atomic mass is 10.3. The first-order valence-electron chi connectivity index (χ1n) is 7.61. The Kier molecular flexibility index (Phi) is 6.55. The van der Waals surface area contributed by atoms with Gasteiger partial charge in [0, 0.05) is 5.69 Å². The van der Waals surface area contributed by atoms with Crippen molar-refractivity contribution < 1.29 is 23.1 Å². The van der Waals surface area contributed by atoms with Gasteiger partial charge in [-0.25, -0.2) is 4.79 Å². The van der Waals surface area contributed by atoms with Gasteiger partial charge in [-0.2, -0.15) is 0 Å². The maximum atomic E-state index is 12.6. The lowest BCUT2D eigenvalue weighted by molar-refractivity contribution is 0.215. The minimum absolute atomic E-state index is 0.278. The summed E-state index contributed by atoms with van der Waals surface area (Å²) < 4.78 is 28.3. The van der Waals surface area contributed by atoms with Gasteiger partial charge in [-0.1, -0.05) is 18.2 Å². The van der Waals surface area contributed by atoms with Gasteiger partial charge in [0.1, 0.15) is 5.75 Å². The van der Waals surface area contributed by atoms with Gasteiger partial charge in [-0.15, -0.1) is 0 Å². The predicted octanol–water partition coefficient (Wildman–Crippen LogP) is 4.19. The third kappa shape index (κ3) is 4.93. The van der Waals surface area contributed by atoms with Gasteiger partial charge in [-0.05, 0) is 50.2 Å². The van der Waals surface area contributed by atoms with E-state index in [0.29, 0.717) is 16.7 Å². The van der Waals surface area contributed by atoms with E-state index in [1.54, 1.807) is 62.4 Å². The number of benzene rings is 2. The average Bonchev–Trinajstić information content (AvgIpc) is 2.56. The third-order valence-corrected chi connectivity index (χ3v) is 5.11. The van der Waals surface area contributed by atoms with Crippen LogP contribution in [0.15, 0.2) is 54.6 Å². The highest BCUT2D eigenvalue weighted by atomic mass is 31.2. The van der Waals surface area contributed by atoms with Crippen LogP contribution in [0.2, 0.25) is 0 Å². The van der Waals surface area contributed by atoms with Gasteiger partial charge in [0.15, 0.2) is 0 Å². The van der Waals surface area contributed by atoms with Crippen LogP contribution in [-0.2, 0) is 13.6 Å². The normalized spacial score (nSPS) is 11.1. The van der Waals surface area contributed by atoms with Crippen LogP contribution >= 0.6 is 7.60 Å². The Morgan fingerprint density at radius 1 is 0.958 bits per heavy atom. The van der Waals surface area contributed by atoms with Gasteiger partial charge in [-0.3, -0.25) is 9.88 Å². The van der Waals surface area contributed by atoms with Crippen LogP contribution in [0, 0.1) is 0 Å². The second kappa shape index (κ2) is 8.64. The first-order chi connectivity index (χ1) is 11.6. The fourth-order valence-electron chi connectivity index (χ4n) is 1.99. The molecule has 0 fully saturated rings. The Bertz CT molecular complexity index is 693. The molecule has 0 aliphatic carbocycles. The maximum absolute atomic E-state index is 12.6. The van der Waals surface area contributed by atoms with Crippen molar-refractivity contribution in [3.05, 3.63) is 54.6 Å². The van der Waals surface area contributed by atoms with Gasteiger partial charge >= 0.3 is 13.7 Å². The van der Waals surface area contributed by atoms with Crippen LogP contribution in [0.1, 0.15) is 13.8 Å². The monoisotopic (exact) mass is 349 g/mol. The molecule has 0 unspecified atom stereocenters. The summed E-state index contributed by atoms with van der Waals surface area (Å²) in [6.45, 7) is 4.06. The zero-order valence-corrected chi connectivity index (χ0v) is 14.5. The summed E-state index contributed by atoms with van der Waals surface area (Å²) in [4.78, 5) is 11.8. The highest BCUT2D eigenvalue weighted by Crippen LogP contribution is 2.46. The van der Waals surface area contributed by atoms with Crippen molar-refractivity contribution in [3.63, 3.8) is 0 Å². The van der Waals surface area contributed by atoms with Gasteiger partial charge in [0.25, 0.3) is 0 Å². The van der Waals surface area contributed by atoms with Gasteiger partial charge < -0.3 is 13.8 Å². The molecule has 128 valence electrons. The molecule has 2 rings (SSSR count). The van der Waals surface area contributed by atoms with E-state index in [1.165, 1.54) is 0 Å². The van der Waals surface area contributed by atoms with Crippen LogP contribution in [0.3, 0.4) is 0 Å². The molecule has 7 heteroatoms. The maximum Gasteiger partial charge on any atom is 0.417 e. The molecule has 0 aliphatic heterocycles. The topological polar surface area (TPSA) is 73.9 Å². The molecule has 24 heavy (non-hydrogen) atoms. The molecule has 0 radical (unpaired) electrons. The SMILES string of the molecule is CCOP(=O)(OCC)c1ccc(NC(=O)Oc2ccccc2)cc1. The molecule has 0 saturated heterocycles. The first-order valence-corrected chi connectivity index (χ1v) is 9.15. The standard InChI is InChI=1S/C17H20NO5P/c1-3-21-24(20,22-4-2)16-12-10-14(11-13-16)18-17(19)23-15-8-6-5-7-9-15/h5-13H,3-4H2,1-2H3,(H,18,19). The zero-order chi connectivity index (χ0) is 17.4. The Labute approximate surface area is 141 Å². The second-order valence-electron chi connectivity index (χ2n) is 4.71. The Balaban J connectivity index is 2.03. The van der Waals surface area contributed by atoms with Crippen molar-refractivity contribution in [3.8, 4) is 5.75 Å². The molecule has 0 heterocycles. The van der Waals surface area contributed by atoms with Crippen LogP contribution < -0.4 is 15.4 Å². The molecular weight excluding hydrogens is 329 g/mol. The van der Waals surface area contributed by atoms with E-state index >= 15 is 0 Å². The number of rotatable bonds is 7. The minimum Gasteiger partial charge on any atom is -0.410 e. The number of ether oxygens (including phenoxy) is 1. The Hall–Kier alpha value is -2.14. The summed E-state index contributed by atoms with van der Waals surface area (Å²) in [5.41, 5.74) is 0.513. The fourth-order valence-corrected chi connectivity index (χ4v) is 3.56. The van der Waals surface area contributed by atoms with Crippen molar-refractivity contribution in [2.75, 3.05) is 18.5 Å². The zero-order valence-electron chi connectivity index (χ0n) is 13.6. The second-order valence-corrected chi connectivity index (χ2v) is 6.74. The molecule has 6 nitrogen and oxygen atoms in total. The number of anilines is 1. The molecule has 1 N–H and O–H groups in total. The molecule has 0 aliphatic rings. The van der Waals surface area contributed by atoms with Crippen LogP contribution in [-0.4, -0.2) is 19.3 Å². The summed E-state index contributed by atoms with van der Waals surface area (Å²) in [6, 6.07) is 15.2. The highest BCUT2D eigenvalue weighted by molar-refractivity contribution is 7.62. The fraction of sp³-hybridized carbons (Fsp3) is 0.235. The molecule has 0 saturated carbocycles. The molecule has 0 aromatic heterocycles. The third-order valence-electron chi connectivity index (χ3n) is 2.98. The summed E-state index contributed by atoms with van der Waals surface area (Å²) in [7, 11) is -3.32. The number of carbonyl (C=O) groups is 1. The van der Waals surface area contributed by atoms with Crippen molar-refractivity contribution in [1.29, 1.82) is 0 Å². The number of amides is 1. The molecule has 0 spiro atoms. The quantitative estimate of drug-likeness (QED) is 0.759. The van der Waals surface area contributed by atoms with E-state index in [-0.39, 0.29) is 13.2 Å². The van der Waals surface area contributed by atoms with E-state index in [2.05, 4.69) is 5.32 Å². The largest absolute Gasteiger partial charge is 0.417 e. The smallest absolute Gasteiger partial charge is 0.410 e.